The van der Waals surface area contributed by atoms with Gasteiger partial charge < -0.3 is 10.4 Å². The third kappa shape index (κ3) is 3.53. The number of rotatable bonds is 6. The van der Waals surface area contributed by atoms with Gasteiger partial charge in [-0.25, -0.2) is 4.98 Å². The van der Waals surface area contributed by atoms with Crippen LogP contribution in [0.15, 0.2) is 6.20 Å². The summed E-state index contributed by atoms with van der Waals surface area (Å²) in [4.78, 5) is 27.5. The fourth-order valence-electron chi connectivity index (χ4n) is 1.78. The number of carbonyl (C=O) groups is 2. The van der Waals surface area contributed by atoms with Crippen molar-refractivity contribution in [2.24, 2.45) is 0 Å². The molecule has 1 rings (SSSR count). The zero-order valence-electron chi connectivity index (χ0n) is 10.8. The molecule has 1 heterocycles. The minimum atomic E-state index is -0.903. The molecule has 1 aromatic rings. The van der Waals surface area contributed by atoms with Gasteiger partial charge in [0.2, 0.25) is 0 Å². The van der Waals surface area contributed by atoms with Gasteiger partial charge in [0.15, 0.2) is 0 Å². The average molecular weight is 270 g/mol. The Hall–Kier alpha value is -1.43. The number of hydrogen-bond donors (Lipinski definition) is 2. The number of thiazole rings is 1. The highest BCUT2D eigenvalue weighted by atomic mass is 32.1. The second-order valence-electron chi connectivity index (χ2n) is 4.26. The summed E-state index contributed by atoms with van der Waals surface area (Å²) in [6, 6.07) is 0. The summed E-state index contributed by atoms with van der Waals surface area (Å²) in [5, 5.41) is 12.6. The number of carboxylic acid groups (broad SMARTS) is 1. The smallest absolute Gasteiger partial charge is 0.305 e. The monoisotopic (exact) mass is 270 g/mol. The van der Waals surface area contributed by atoms with E-state index in [0.717, 1.165) is 5.01 Å². The second-order valence-corrected chi connectivity index (χ2v) is 5.49. The number of aromatic nitrogens is 1. The topological polar surface area (TPSA) is 79.3 Å². The van der Waals surface area contributed by atoms with Crippen LogP contribution in [-0.4, -0.2) is 27.5 Å². The van der Waals surface area contributed by atoms with Crippen molar-refractivity contribution >= 4 is 23.2 Å². The van der Waals surface area contributed by atoms with Crippen LogP contribution in [0.5, 0.6) is 0 Å². The maximum atomic E-state index is 12.0. The fourth-order valence-corrected chi connectivity index (χ4v) is 2.45. The van der Waals surface area contributed by atoms with Crippen LogP contribution in [0.1, 0.15) is 47.8 Å². The first-order valence-corrected chi connectivity index (χ1v) is 6.71. The molecule has 0 aromatic carbocycles. The number of hydrogen-bond acceptors (Lipinski definition) is 4. The summed E-state index contributed by atoms with van der Waals surface area (Å²) in [6.45, 7) is 5.58. The molecular formula is C12H18N2O3S. The summed E-state index contributed by atoms with van der Waals surface area (Å²) in [5.74, 6) is -1.15. The van der Waals surface area contributed by atoms with E-state index in [0.29, 0.717) is 17.7 Å². The second kappa shape index (κ2) is 5.95. The van der Waals surface area contributed by atoms with Crippen LogP contribution >= 0.6 is 11.3 Å². The molecular weight excluding hydrogens is 252 g/mol. The van der Waals surface area contributed by atoms with E-state index < -0.39 is 11.5 Å². The number of nitrogens with one attached hydrogen (secondary N) is 1. The summed E-state index contributed by atoms with van der Waals surface area (Å²) in [7, 11) is 0. The standard InChI is InChI=1S/C12H18N2O3S/c1-4-12(5-2,6-10(15)16)14-11(17)9-7-13-8(3)18-9/h7H,4-6H2,1-3H3,(H,14,17)(H,15,16). The number of aryl methyl sites for hydroxylation is 1. The average Bonchev–Trinajstić information content (AvgIpc) is 2.74. The highest BCUT2D eigenvalue weighted by Gasteiger charge is 2.31. The molecule has 0 saturated heterocycles. The number of nitrogens with zero attached hydrogens (tertiary/aromatic N) is 1. The highest BCUT2D eigenvalue weighted by molar-refractivity contribution is 7.13. The Bertz CT molecular complexity index is 438. The maximum Gasteiger partial charge on any atom is 0.305 e. The van der Waals surface area contributed by atoms with E-state index in [1.54, 1.807) is 0 Å². The van der Waals surface area contributed by atoms with Gasteiger partial charge in [-0.3, -0.25) is 9.59 Å². The minimum absolute atomic E-state index is 0.0659. The molecule has 18 heavy (non-hydrogen) atoms. The molecule has 0 fully saturated rings. The molecule has 5 nitrogen and oxygen atoms in total. The van der Waals surface area contributed by atoms with Gasteiger partial charge in [-0.05, 0) is 19.8 Å². The molecule has 0 bridgehead atoms. The Morgan fingerprint density at radius 1 is 1.44 bits per heavy atom. The molecule has 0 unspecified atom stereocenters. The number of aliphatic carboxylic acids is 1. The SMILES string of the molecule is CCC(CC)(CC(=O)O)NC(=O)c1cnc(C)s1. The molecule has 0 radical (unpaired) electrons. The predicted octanol–water partition coefficient (Wildman–Crippen LogP) is 2.21. The van der Waals surface area contributed by atoms with Crippen LogP contribution in [0.25, 0.3) is 0 Å². The van der Waals surface area contributed by atoms with Gasteiger partial charge in [0.25, 0.3) is 5.91 Å². The Kier molecular flexibility index (Phi) is 4.84. The summed E-state index contributed by atoms with van der Waals surface area (Å²) >= 11 is 1.31. The molecule has 2 N–H and O–H groups in total. The van der Waals surface area contributed by atoms with Crippen LogP contribution in [0.3, 0.4) is 0 Å². The zero-order valence-corrected chi connectivity index (χ0v) is 11.6. The van der Waals surface area contributed by atoms with Gasteiger partial charge in [-0.1, -0.05) is 13.8 Å². The van der Waals surface area contributed by atoms with Crippen LogP contribution in [0.2, 0.25) is 0 Å². The molecule has 0 aliphatic rings. The van der Waals surface area contributed by atoms with Crippen LogP contribution in [0.4, 0.5) is 0 Å². The van der Waals surface area contributed by atoms with Crippen molar-refractivity contribution in [3.63, 3.8) is 0 Å². The number of amides is 1. The molecule has 6 heteroatoms. The third-order valence-electron chi connectivity index (χ3n) is 3.07. The van der Waals surface area contributed by atoms with Gasteiger partial charge in [0.05, 0.1) is 23.2 Å². The van der Waals surface area contributed by atoms with Gasteiger partial charge in [-0.2, -0.15) is 0 Å². The number of carbonyl (C=O) groups excluding carboxylic acids is 1. The third-order valence-corrected chi connectivity index (χ3v) is 3.98. The van der Waals surface area contributed by atoms with E-state index in [4.69, 9.17) is 5.11 Å². The van der Waals surface area contributed by atoms with Crippen molar-refractivity contribution < 1.29 is 14.7 Å². The summed E-state index contributed by atoms with van der Waals surface area (Å²) in [5.41, 5.74) is -0.680. The maximum absolute atomic E-state index is 12.0. The quantitative estimate of drug-likeness (QED) is 0.830. The van der Waals surface area contributed by atoms with Crippen molar-refractivity contribution in [1.82, 2.24) is 10.3 Å². The molecule has 0 saturated carbocycles. The van der Waals surface area contributed by atoms with E-state index >= 15 is 0 Å². The molecule has 0 spiro atoms. The van der Waals surface area contributed by atoms with E-state index in [1.807, 2.05) is 20.8 Å². The molecule has 100 valence electrons. The highest BCUT2D eigenvalue weighted by Crippen LogP contribution is 2.21. The fraction of sp³-hybridized carbons (Fsp3) is 0.583. The van der Waals surface area contributed by atoms with E-state index in [2.05, 4.69) is 10.3 Å². The lowest BCUT2D eigenvalue weighted by Crippen LogP contribution is -2.48. The van der Waals surface area contributed by atoms with Crippen molar-refractivity contribution in [2.75, 3.05) is 0 Å². The lowest BCUT2D eigenvalue weighted by molar-refractivity contribution is -0.138. The van der Waals surface area contributed by atoms with E-state index in [1.165, 1.54) is 17.5 Å². The molecule has 1 amide bonds. The lowest BCUT2D eigenvalue weighted by atomic mass is 9.89. The Balaban J connectivity index is 2.83. The lowest BCUT2D eigenvalue weighted by Gasteiger charge is -2.31. The van der Waals surface area contributed by atoms with Crippen molar-refractivity contribution in [1.29, 1.82) is 0 Å². The van der Waals surface area contributed by atoms with Gasteiger partial charge in [0.1, 0.15) is 4.88 Å². The molecule has 0 aliphatic carbocycles. The Morgan fingerprint density at radius 2 is 2.06 bits per heavy atom. The Labute approximate surface area is 110 Å². The first-order chi connectivity index (χ1) is 8.42. The molecule has 0 aliphatic heterocycles. The normalized spacial score (nSPS) is 11.3. The molecule has 0 atom stereocenters. The molecule has 1 aromatic heterocycles. The largest absolute Gasteiger partial charge is 0.481 e. The van der Waals surface area contributed by atoms with Gasteiger partial charge in [0, 0.05) is 0 Å². The zero-order chi connectivity index (χ0) is 13.8. The predicted molar refractivity (Wildman–Crippen MR) is 69.9 cm³/mol. The van der Waals surface area contributed by atoms with E-state index in [9.17, 15) is 9.59 Å². The van der Waals surface area contributed by atoms with E-state index in [-0.39, 0.29) is 12.3 Å². The van der Waals surface area contributed by atoms with Crippen LogP contribution < -0.4 is 5.32 Å². The number of carboxylic acids is 1. The summed E-state index contributed by atoms with van der Waals surface area (Å²) in [6.07, 6.45) is 2.62. The van der Waals surface area contributed by atoms with Crippen LogP contribution in [-0.2, 0) is 4.79 Å². The van der Waals surface area contributed by atoms with Crippen LogP contribution in [0, 0.1) is 6.92 Å². The van der Waals surface area contributed by atoms with Gasteiger partial charge in [-0.15, -0.1) is 11.3 Å². The Morgan fingerprint density at radius 3 is 2.44 bits per heavy atom. The van der Waals surface area contributed by atoms with Crippen molar-refractivity contribution in [3.8, 4) is 0 Å². The first-order valence-electron chi connectivity index (χ1n) is 5.89. The summed E-state index contributed by atoms with van der Waals surface area (Å²) < 4.78 is 0. The minimum Gasteiger partial charge on any atom is -0.481 e. The van der Waals surface area contributed by atoms with Crippen molar-refractivity contribution in [2.45, 2.75) is 45.6 Å². The van der Waals surface area contributed by atoms with Gasteiger partial charge >= 0.3 is 5.97 Å². The first kappa shape index (κ1) is 14.6. The van der Waals surface area contributed by atoms with Crippen molar-refractivity contribution in [3.05, 3.63) is 16.1 Å².